The highest BCUT2D eigenvalue weighted by Gasteiger charge is 2.32. The number of pyridine rings is 1. The SMILES string of the molecule is CC1CN(S(=O)(=O)c2cccc(C(=O)CNCc3ccncc3)c2)CC(C)O1. The van der Waals surface area contributed by atoms with Gasteiger partial charge in [0.05, 0.1) is 23.6 Å². The van der Waals surface area contributed by atoms with Gasteiger partial charge in [-0.1, -0.05) is 12.1 Å². The van der Waals surface area contributed by atoms with Crippen molar-refractivity contribution >= 4 is 15.8 Å². The summed E-state index contributed by atoms with van der Waals surface area (Å²) in [6, 6.07) is 9.97. The predicted molar refractivity (Wildman–Crippen MR) is 105 cm³/mol. The molecule has 1 aromatic heterocycles. The van der Waals surface area contributed by atoms with Crippen LogP contribution in [0.5, 0.6) is 0 Å². The van der Waals surface area contributed by atoms with Gasteiger partial charge < -0.3 is 10.1 Å². The van der Waals surface area contributed by atoms with Gasteiger partial charge in [0.15, 0.2) is 5.78 Å². The molecule has 0 amide bonds. The minimum atomic E-state index is -3.67. The summed E-state index contributed by atoms with van der Waals surface area (Å²) < 4.78 is 33.0. The number of morpholine rings is 1. The van der Waals surface area contributed by atoms with Crippen LogP contribution in [0.1, 0.15) is 29.8 Å². The molecule has 0 saturated carbocycles. The summed E-state index contributed by atoms with van der Waals surface area (Å²) >= 11 is 0. The average Bonchev–Trinajstić information content (AvgIpc) is 2.68. The molecule has 1 saturated heterocycles. The molecule has 3 rings (SSSR count). The Morgan fingerprint density at radius 3 is 2.54 bits per heavy atom. The number of rotatable bonds is 7. The molecule has 1 aliphatic rings. The summed E-state index contributed by atoms with van der Waals surface area (Å²) in [7, 11) is -3.67. The van der Waals surface area contributed by atoms with Crippen molar-refractivity contribution in [2.24, 2.45) is 0 Å². The van der Waals surface area contributed by atoms with E-state index in [-0.39, 0.29) is 29.4 Å². The third-order valence-corrected chi connectivity index (χ3v) is 6.37. The molecular formula is C20H25N3O4S. The summed E-state index contributed by atoms with van der Waals surface area (Å²) in [5.74, 6) is -0.158. The molecule has 0 bridgehead atoms. The van der Waals surface area contributed by atoms with Gasteiger partial charge in [-0.25, -0.2) is 8.42 Å². The molecule has 2 atom stereocenters. The molecule has 2 unspecified atom stereocenters. The van der Waals surface area contributed by atoms with E-state index in [0.717, 1.165) is 5.56 Å². The number of aromatic nitrogens is 1. The Morgan fingerprint density at radius 2 is 1.86 bits per heavy atom. The number of benzene rings is 1. The molecule has 0 spiro atoms. The number of ether oxygens (including phenoxy) is 1. The third kappa shape index (κ3) is 5.02. The second-order valence-electron chi connectivity index (χ2n) is 6.99. The van der Waals surface area contributed by atoms with Gasteiger partial charge in [-0.15, -0.1) is 0 Å². The number of carbonyl (C=O) groups excluding carboxylic acids is 1. The van der Waals surface area contributed by atoms with E-state index in [1.165, 1.54) is 16.4 Å². The lowest BCUT2D eigenvalue weighted by molar-refractivity contribution is -0.0440. The number of hydrogen-bond acceptors (Lipinski definition) is 6. The summed E-state index contributed by atoms with van der Waals surface area (Å²) in [5.41, 5.74) is 1.40. The fourth-order valence-corrected chi connectivity index (χ4v) is 4.87. The second-order valence-corrected chi connectivity index (χ2v) is 8.93. The Balaban J connectivity index is 1.68. The van der Waals surface area contributed by atoms with Gasteiger partial charge >= 0.3 is 0 Å². The molecule has 8 heteroatoms. The van der Waals surface area contributed by atoms with Crippen molar-refractivity contribution in [2.75, 3.05) is 19.6 Å². The van der Waals surface area contributed by atoms with Crippen LogP contribution in [0.2, 0.25) is 0 Å². The largest absolute Gasteiger partial charge is 0.373 e. The van der Waals surface area contributed by atoms with Crippen molar-refractivity contribution in [2.45, 2.75) is 37.5 Å². The molecule has 150 valence electrons. The summed E-state index contributed by atoms with van der Waals surface area (Å²) in [4.78, 5) is 16.6. The fourth-order valence-electron chi connectivity index (χ4n) is 3.23. The van der Waals surface area contributed by atoms with Crippen LogP contribution in [0, 0.1) is 0 Å². The van der Waals surface area contributed by atoms with Crippen molar-refractivity contribution in [1.82, 2.24) is 14.6 Å². The number of ketones is 1. The van der Waals surface area contributed by atoms with Crippen molar-refractivity contribution in [1.29, 1.82) is 0 Å². The summed E-state index contributed by atoms with van der Waals surface area (Å²) in [6.07, 6.45) is 3.06. The third-order valence-electron chi connectivity index (χ3n) is 4.54. The lowest BCUT2D eigenvalue weighted by Crippen LogP contribution is -2.48. The van der Waals surface area contributed by atoms with Crippen LogP contribution < -0.4 is 5.32 Å². The van der Waals surface area contributed by atoms with E-state index in [1.54, 1.807) is 24.5 Å². The number of hydrogen-bond donors (Lipinski definition) is 1. The first-order valence-corrected chi connectivity index (χ1v) is 10.7. The first-order valence-electron chi connectivity index (χ1n) is 9.25. The number of carbonyl (C=O) groups is 1. The zero-order valence-corrected chi connectivity index (χ0v) is 16.9. The van der Waals surface area contributed by atoms with Gasteiger partial charge in [0.2, 0.25) is 10.0 Å². The highest BCUT2D eigenvalue weighted by molar-refractivity contribution is 7.89. The van der Waals surface area contributed by atoms with Crippen LogP contribution in [-0.2, 0) is 21.3 Å². The first kappa shape index (κ1) is 20.6. The minimum Gasteiger partial charge on any atom is -0.373 e. The van der Waals surface area contributed by atoms with Gasteiger partial charge in [0.25, 0.3) is 0 Å². The zero-order valence-electron chi connectivity index (χ0n) is 16.0. The monoisotopic (exact) mass is 403 g/mol. The van der Waals surface area contributed by atoms with Crippen molar-refractivity contribution in [3.63, 3.8) is 0 Å². The Bertz CT molecular complexity index is 908. The van der Waals surface area contributed by atoms with E-state index < -0.39 is 10.0 Å². The Hall–Kier alpha value is -2.13. The van der Waals surface area contributed by atoms with E-state index in [1.807, 2.05) is 26.0 Å². The van der Waals surface area contributed by atoms with Crippen LogP contribution in [0.25, 0.3) is 0 Å². The molecule has 1 N–H and O–H groups in total. The molecule has 0 aliphatic carbocycles. The van der Waals surface area contributed by atoms with Crippen molar-refractivity contribution in [3.05, 3.63) is 59.9 Å². The van der Waals surface area contributed by atoms with Crippen molar-refractivity contribution in [3.8, 4) is 0 Å². The van der Waals surface area contributed by atoms with Crippen LogP contribution >= 0.6 is 0 Å². The van der Waals surface area contributed by atoms with Crippen LogP contribution in [0.15, 0.2) is 53.7 Å². The van der Waals surface area contributed by atoms with E-state index in [2.05, 4.69) is 10.3 Å². The molecular weight excluding hydrogens is 378 g/mol. The standard InChI is InChI=1S/C20H25N3O4S/c1-15-13-23(14-16(2)27-15)28(25,26)19-5-3-4-18(10-19)20(24)12-22-11-17-6-8-21-9-7-17/h3-10,15-16,22H,11-14H2,1-2H3. The Kier molecular flexibility index (Phi) is 6.56. The van der Waals surface area contributed by atoms with Gasteiger partial charge in [-0.05, 0) is 43.7 Å². The lowest BCUT2D eigenvalue weighted by Gasteiger charge is -2.34. The average molecular weight is 404 g/mol. The number of sulfonamides is 1. The van der Waals surface area contributed by atoms with E-state index >= 15 is 0 Å². The topological polar surface area (TPSA) is 88.6 Å². The van der Waals surface area contributed by atoms with E-state index in [4.69, 9.17) is 4.74 Å². The summed E-state index contributed by atoms with van der Waals surface area (Å²) in [5, 5.41) is 3.08. The maximum Gasteiger partial charge on any atom is 0.243 e. The maximum absolute atomic E-state index is 13.0. The van der Waals surface area contributed by atoms with Crippen LogP contribution in [0.3, 0.4) is 0 Å². The van der Waals surface area contributed by atoms with Crippen LogP contribution in [-0.4, -0.2) is 55.3 Å². The van der Waals surface area contributed by atoms with Crippen molar-refractivity contribution < 1.29 is 17.9 Å². The quantitative estimate of drug-likeness (QED) is 0.710. The smallest absolute Gasteiger partial charge is 0.243 e. The normalized spacial score (nSPS) is 20.8. The predicted octanol–water partition coefficient (Wildman–Crippen LogP) is 1.85. The molecule has 0 radical (unpaired) electrons. The van der Waals surface area contributed by atoms with E-state index in [9.17, 15) is 13.2 Å². The lowest BCUT2D eigenvalue weighted by atomic mass is 10.1. The highest BCUT2D eigenvalue weighted by atomic mass is 32.2. The van der Waals surface area contributed by atoms with Crippen LogP contribution in [0.4, 0.5) is 0 Å². The Morgan fingerprint density at radius 1 is 1.18 bits per heavy atom. The maximum atomic E-state index is 13.0. The van der Waals surface area contributed by atoms with Gasteiger partial charge in [-0.3, -0.25) is 9.78 Å². The Labute approximate surface area is 165 Å². The molecule has 1 aliphatic heterocycles. The van der Waals surface area contributed by atoms with Gasteiger partial charge in [-0.2, -0.15) is 4.31 Å². The van der Waals surface area contributed by atoms with E-state index in [0.29, 0.717) is 25.2 Å². The zero-order chi connectivity index (χ0) is 20.1. The first-order chi connectivity index (χ1) is 13.4. The number of nitrogens with zero attached hydrogens (tertiary/aromatic N) is 2. The second kappa shape index (κ2) is 8.91. The molecule has 2 heterocycles. The summed E-state index contributed by atoms with van der Waals surface area (Å²) in [6.45, 7) is 4.98. The fraction of sp³-hybridized carbons (Fsp3) is 0.400. The highest BCUT2D eigenvalue weighted by Crippen LogP contribution is 2.22. The molecule has 1 aromatic carbocycles. The molecule has 7 nitrogen and oxygen atoms in total. The molecule has 28 heavy (non-hydrogen) atoms. The van der Waals surface area contributed by atoms with Gasteiger partial charge in [0.1, 0.15) is 0 Å². The minimum absolute atomic E-state index is 0.122. The van der Waals surface area contributed by atoms with Gasteiger partial charge in [0, 0.05) is 37.6 Å². The molecule has 2 aromatic rings. The number of Topliss-reactive ketones (excluding diaryl/α,β-unsaturated/α-hetero) is 1. The number of nitrogens with one attached hydrogen (secondary N) is 1. The molecule has 1 fully saturated rings.